The highest BCUT2D eigenvalue weighted by Crippen LogP contribution is 2.28. The summed E-state index contributed by atoms with van der Waals surface area (Å²) in [7, 11) is 0. The van der Waals surface area contributed by atoms with Crippen LogP contribution in [0.15, 0.2) is 79.4 Å². The number of hydrogen-bond donors (Lipinski definition) is 2. The molecule has 0 spiro atoms. The van der Waals surface area contributed by atoms with Gasteiger partial charge in [-0.05, 0) is 60.4 Å². The third kappa shape index (κ3) is 3.96. The standard InChI is InChI=1S/C23H21N5/c1-16-14-20(15-17(2)21(16)18-8-10-24-11-9-18)28-23-22(25-12-13-26-23)27-19-6-4-3-5-7-19/h3-15H,1-2H3,(H,25,27)(H,26,28)/p+2. The van der Waals surface area contributed by atoms with Crippen LogP contribution in [0.5, 0.6) is 0 Å². The zero-order valence-electron chi connectivity index (χ0n) is 16.0. The Hall–Kier alpha value is -3.41. The van der Waals surface area contributed by atoms with Crippen molar-refractivity contribution in [2.45, 2.75) is 13.8 Å². The maximum atomic E-state index is 4.55. The van der Waals surface area contributed by atoms with Crippen LogP contribution in [0.2, 0.25) is 0 Å². The highest BCUT2D eigenvalue weighted by molar-refractivity contribution is 5.72. The van der Waals surface area contributed by atoms with E-state index in [2.05, 4.69) is 63.7 Å². The van der Waals surface area contributed by atoms with Crippen molar-refractivity contribution in [3.63, 3.8) is 0 Å². The van der Waals surface area contributed by atoms with Crippen molar-refractivity contribution in [1.29, 1.82) is 0 Å². The van der Waals surface area contributed by atoms with Gasteiger partial charge in [0.15, 0.2) is 0 Å². The van der Waals surface area contributed by atoms with E-state index in [1.54, 1.807) is 12.4 Å². The minimum atomic E-state index is 0.863. The van der Waals surface area contributed by atoms with Crippen molar-refractivity contribution in [1.82, 2.24) is 15.0 Å². The first-order valence-electron chi connectivity index (χ1n) is 9.28. The Morgan fingerprint density at radius 3 is 1.82 bits per heavy atom. The van der Waals surface area contributed by atoms with Crippen LogP contribution < -0.4 is 10.6 Å². The largest absolute Gasteiger partial charge is 0.313 e. The number of rotatable bonds is 5. The van der Waals surface area contributed by atoms with Crippen LogP contribution >= 0.6 is 0 Å². The van der Waals surface area contributed by atoms with Crippen molar-refractivity contribution < 1.29 is 10.6 Å². The molecule has 4 aromatic rings. The van der Waals surface area contributed by atoms with Gasteiger partial charge in [0.1, 0.15) is 11.4 Å². The second-order valence-corrected chi connectivity index (χ2v) is 6.79. The smallest absolute Gasteiger partial charge is 0.265 e. The normalized spacial score (nSPS) is 10.8. The van der Waals surface area contributed by atoms with E-state index < -0.39 is 0 Å². The number of pyridine rings is 1. The molecule has 0 fully saturated rings. The Kier molecular flexibility index (Phi) is 5.19. The second-order valence-electron chi connectivity index (χ2n) is 6.79. The zero-order chi connectivity index (χ0) is 19.3. The van der Waals surface area contributed by atoms with Crippen molar-refractivity contribution in [2.24, 2.45) is 0 Å². The summed E-state index contributed by atoms with van der Waals surface area (Å²) < 4.78 is 0. The van der Waals surface area contributed by atoms with Gasteiger partial charge in [-0.1, -0.05) is 18.2 Å². The topological polar surface area (TPSA) is 71.9 Å². The molecular formula is C23H23N5+2. The molecule has 0 radical (unpaired) electrons. The van der Waals surface area contributed by atoms with E-state index in [0.29, 0.717) is 0 Å². The highest BCUT2D eigenvalue weighted by Gasteiger charge is 2.17. The van der Waals surface area contributed by atoms with Crippen LogP contribution in [-0.4, -0.2) is 15.0 Å². The molecule has 5 nitrogen and oxygen atoms in total. The average molecular weight is 369 g/mol. The van der Waals surface area contributed by atoms with E-state index in [9.17, 15) is 0 Å². The van der Waals surface area contributed by atoms with Gasteiger partial charge in [0.25, 0.3) is 0 Å². The lowest BCUT2D eigenvalue weighted by atomic mass is 9.96. The molecule has 4 rings (SSSR count). The number of benzene rings is 2. The molecule has 28 heavy (non-hydrogen) atoms. The average Bonchev–Trinajstić information content (AvgIpc) is 2.71. The van der Waals surface area contributed by atoms with Crippen LogP contribution in [0.25, 0.3) is 11.1 Å². The summed E-state index contributed by atoms with van der Waals surface area (Å²) in [6, 6.07) is 18.7. The molecule has 2 heterocycles. The summed E-state index contributed by atoms with van der Waals surface area (Å²) in [4.78, 5) is 13.2. The first kappa shape index (κ1) is 18.0. The molecule has 0 aliphatic carbocycles. The third-order valence-corrected chi connectivity index (χ3v) is 4.69. The third-order valence-electron chi connectivity index (χ3n) is 4.69. The number of nitrogens with zero attached hydrogens (tertiary/aromatic N) is 3. The van der Waals surface area contributed by atoms with Crippen LogP contribution in [-0.2, 0) is 0 Å². The van der Waals surface area contributed by atoms with Gasteiger partial charge in [0.2, 0.25) is 0 Å². The van der Waals surface area contributed by atoms with Gasteiger partial charge >= 0.3 is 11.6 Å². The number of quaternary nitrogens is 2. The summed E-state index contributed by atoms with van der Waals surface area (Å²) in [6.45, 7) is 4.29. The molecule has 0 amide bonds. The number of nitrogens with two attached hydrogens (primary N) is 2. The molecule has 0 unspecified atom stereocenters. The molecule has 5 heteroatoms. The van der Waals surface area contributed by atoms with Crippen LogP contribution in [0.4, 0.5) is 23.0 Å². The summed E-state index contributed by atoms with van der Waals surface area (Å²) in [5.74, 6) is 1.73. The minimum absolute atomic E-state index is 0.863. The number of aryl methyl sites for hydroxylation is 2. The Bertz CT molecular complexity index is 1060. The van der Waals surface area contributed by atoms with Crippen LogP contribution in [0, 0.1) is 13.8 Å². The lowest BCUT2D eigenvalue weighted by molar-refractivity contribution is -0.522. The fourth-order valence-electron chi connectivity index (χ4n) is 3.50. The monoisotopic (exact) mass is 369 g/mol. The van der Waals surface area contributed by atoms with Gasteiger partial charge in [-0.2, -0.15) is 9.97 Å². The Morgan fingerprint density at radius 2 is 1.21 bits per heavy atom. The molecule has 0 aliphatic heterocycles. The van der Waals surface area contributed by atoms with Gasteiger partial charge in [-0.15, -0.1) is 0 Å². The molecule has 0 saturated carbocycles. The maximum Gasteiger partial charge on any atom is 0.313 e. The highest BCUT2D eigenvalue weighted by atomic mass is 15.1. The lowest BCUT2D eigenvalue weighted by Crippen LogP contribution is -2.79. The van der Waals surface area contributed by atoms with E-state index in [1.807, 2.05) is 42.7 Å². The minimum Gasteiger partial charge on any atom is -0.265 e. The van der Waals surface area contributed by atoms with Gasteiger partial charge in [-0.3, -0.25) is 15.6 Å². The van der Waals surface area contributed by atoms with E-state index >= 15 is 0 Å². The van der Waals surface area contributed by atoms with Crippen LogP contribution in [0.3, 0.4) is 0 Å². The molecule has 0 aliphatic rings. The SMILES string of the molecule is Cc1cc([NH2+]c2nccnc2[NH2+]c2ccccc2)cc(C)c1-c1ccncc1. The molecule has 2 aromatic carbocycles. The molecule has 2 aromatic heterocycles. The summed E-state index contributed by atoms with van der Waals surface area (Å²) in [5.41, 5.74) is 7.14. The summed E-state index contributed by atoms with van der Waals surface area (Å²) in [6.07, 6.45) is 7.13. The first-order valence-corrected chi connectivity index (χ1v) is 9.28. The molecule has 0 saturated heterocycles. The van der Waals surface area contributed by atoms with E-state index in [-0.39, 0.29) is 0 Å². The maximum absolute atomic E-state index is 4.55. The summed E-state index contributed by atoms with van der Waals surface area (Å²) >= 11 is 0. The Morgan fingerprint density at radius 1 is 0.643 bits per heavy atom. The molecule has 4 N–H and O–H groups in total. The number of aromatic nitrogens is 3. The van der Waals surface area contributed by atoms with Crippen LogP contribution in [0.1, 0.15) is 11.1 Å². The lowest BCUT2D eigenvalue weighted by Gasteiger charge is -2.11. The van der Waals surface area contributed by atoms with E-state index in [4.69, 9.17) is 0 Å². The fraction of sp³-hybridized carbons (Fsp3) is 0.0870. The summed E-state index contributed by atoms with van der Waals surface area (Å²) in [5, 5.41) is 4.15. The van der Waals surface area contributed by atoms with Gasteiger partial charge < -0.3 is 0 Å². The second kappa shape index (κ2) is 8.08. The predicted molar refractivity (Wildman–Crippen MR) is 110 cm³/mol. The Labute approximate surface area is 164 Å². The van der Waals surface area contributed by atoms with Crippen molar-refractivity contribution in [3.8, 4) is 11.1 Å². The molecular weight excluding hydrogens is 346 g/mol. The van der Waals surface area contributed by atoms with Gasteiger partial charge in [0.05, 0.1) is 12.4 Å². The number of para-hydroxylation sites is 1. The van der Waals surface area contributed by atoms with Crippen molar-refractivity contribution >= 4 is 23.0 Å². The molecule has 0 bridgehead atoms. The van der Waals surface area contributed by atoms with E-state index in [1.165, 1.54) is 22.3 Å². The zero-order valence-corrected chi connectivity index (χ0v) is 16.0. The number of hydrogen-bond acceptors (Lipinski definition) is 3. The quantitative estimate of drug-likeness (QED) is 0.531. The molecule has 0 atom stereocenters. The first-order chi connectivity index (χ1) is 13.7. The van der Waals surface area contributed by atoms with E-state index in [0.717, 1.165) is 23.0 Å². The molecule has 138 valence electrons. The van der Waals surface area contributed by atoms with Crippen molar-refractivity contribution in [2.75, 3.05) is 0 Å². The van der Waals surface area contributed by atoms with Crippen molar-refractivity contribution in [3.05, 3.63) is 90.5 Å². The Balaban J connectivity index is 1.64. The van der Waals surface area contributed by atoms with Gasteiger partial charge in [0, 0.05) is 24.5 Å². The fourth-order valence-corrected chi connectivity index (χ4v) is 3.50. The van der Waals surface area contributed by atoms with Gasteiger partial charge in [-0.25, -0.2) is 0 Å². The predicted octanol–water partition coefficient (Wildman–Crippen LogP) is 3.21.